The molecule has 6 nitrogen and oxygen atoms in total. The van der Waals surface area contributed by atoms with Crippen molar-refractivity contribution in [3.63, 3.8) is 0 Å². The zero-order valence-electron chi connectivity index (χ0n) is 15.1. The molecule has 0 N–H and O–H groups in total. The summed E-state index contributed by atoms with van der Waals surface area (Å²) >= 11 is 1.75. The molecule has 25 heavy (non-hydrogen) atoms. The number of thiophene rings is 1. The number of hydrogen-bond acceptors (Lipinski definition) is 7. The van der Waals surface area contributed by atoms with Crippen molar-refractivity contribution in [1.82, 2.24) is 19.9 Å². The summed E-state index contributed by atoms with van der Waals surface area (Å²) in [5, 5.41) is 1.21. The number of rotatable bonds is 2. The molecule has 130 valence electrons. The van der Waals surface area contributed by atoms with E-state index in [0.717, 1.165) is 54.2 Å². The second-order valence-electron chi connectivity index (χ2n) is 6.59. The van der Waals surface area contributed by atoms with Crippen LogP contribution in [0.1, 0.15) is 21.8 Å². The van der Waals surface area contributed by atoms with Crippen LogP contribution in [0.2, 0.25) is 0 Å². The standard InChI is InChI=1S/C18H22N6S/c1-11-9-12(2)22-18(21-11)24-7-5-23(6-8-24)16-15-13(3)14(4)25-17(15)20-10-19-16/h9-10H,5-8H2,1-4H3. The lowest BCUT2D eigenvalue weighted by atomic mass is 10.2. The Hall–Kier alpha value is -2.28. The SMILES string of the molecule is Cc1cc(C)nc(N2CCN(c3ncnc4sc(C)c(C)c34)CC2)n1. The fourth-order valence-corrected chi connectivity index (χ4v) is 4.36. The zero-order chi connectivity index (χ0) is 17.6. The van der Waals surface area contributed by atoms with E-state index in [0.29, 0.717) is 0 Å². The molecular weight excluding hydrogens is 332 g/mol. The fourth-order valence-electron chi connectivity index (χ4n) is 3.37. The Balaban J connectivity index is 1.58. The predicted molar refractivity (Wildman–Crippen MR) is 103 cm³/mol. The number of aryl methyl sites for hydroxylation is 4. The van der Waals surface area contributed by atoms with Crippen molar-refractivity contribution < 1.29 is 0 Å². The van der Waals surface area contributed by atoms with Crippen LogP contribution in [0.4, 0.5) is 11.8 Å². The van der Waals surface area contributed by atoms with Crippen molar-refractivity contribution in [1.29, 1.82) is 0 Å². The number of anilines is 2. The highest BCUT2D eigenvalue weighted by atomic mass is 32.1. The van der Waals surface area contributed by atoms with Gasteiger partial charge in [0.25, 0.3) is 0 Å². The molecule has 3 aromatic heterocycles. The van der Waals surface area contributed by atoms with Gasteiger partial charge in [0.15, 0.2) is 0 Å². The van der Waals surface area contributed by atoms with Gasteiger partial charge in [0.05, 0.1) is 5.39 Å². The van der Waals surface area contributed by atoms with Gasteiger partial charge in [0.2, 0.25) is 5.95 Å². The maximum Gasteiger partial charge on any atom is 0.225 e. The van der Waals surface area contributed by atoms with Gasteiger partial charge in [0.1, 0.15) is 17.0 Å². The number of piperazine rings is 1. The lowest BCUT2D eigenvalue weighted by Gasteiger charge is -2.35. The van der Waals surface area contributed by atoms with Crippen LogP contribution in [0.25, 0.3) is 10.2 Å². The topological polar surface area (TPSA) is 58.0 Å². The number of aromatic nitrogens is 4. The van der Waals surface area contributed by atoms with Crippen molar-refractivity contribution in [3.05, 3.63) is 34.2 Å². The summed E-state index contributed by atoms with van der Waals surface area (Å²) in [5.41, 5.74) is 3.34. The van der Waals surface area contributed by atoms with Gasteiger partial charge < -0.3 is 9.80 Å². The molecule has 1 aliphatic rings. The summed E-state index contributed by atoms with van der Waals surface area (Å²) in [6.45, 7) is 12.0. The van der Waals surface area contributed by atoms with E-state index < -0.39 is 0 Å². The quantitative estimate of drug-likeness (QED) is 0.705. The minimum Gasteiger partial charge on any atom is -0.352 e. The normalized spacial score (nSPS) is 15.2. The van der Waals surface area contributed by atoms with Gasteiger partial charge in [0, 0.05) is 42.4 Å². The summed E-state index contributed by atoms with van der Waals surface area (Å²) in [6, 6.07) is 2.01. The summed E-state index contributed by atoms with van der Waals surface area (Å²) < 4.78 is 0. The summed E-state index contributed by atoms with van der Waals surface area (Å²) in [7, 11) is 0. The van der Waals surface area contributed by atoms with Gasteiger partial charge in [-0.2, -0.15) is 0 Å². The molecule has 0 radical (unpaired) electrons. The molecule has 4 heterocycles. The molecule has 3 aromatic rings. The van der Waals surface area contributed by atoms with Crippen LogP contribution >= 0.6 is 11.3 Å². The van der Waals surface area contributed by atoms with E-state index in [1.165, 1.54) is 15.8 Å². The number of fused-ring (bicyclic) bond motifs is 1. The van der Waals surface area contributed by atoms with Crippen LogP contribution in [0.15, 0.2) is 12.4 Å². The maximum absolute atomic E-state index is 4.60. The van der Waals surface area contributed by atoms with E-state index >= 15 is 0 Å². The summed E-state index contributed by atoms with van der Waals surface area (Å²) in [6.07, 6.45) is 1.69. The lowest BCUT2D eigenvalue weighted by molar-refractivity contribution is 0.634. The molecule has 0 aromatic carbocycles. The van der Waals surface area contributed by atoms with Crippen LogP contribution in [0, 0.1) is 27.7 Å². The van der Waals surface area contributed by atoms with E-state index in [4.69, 9.17) is 0 Å². The highest BCUT2D eigenvalue weighted by Crippen LogP contribution is 2.34. The molecule has 0 unspecified atom stereocenters. The Morgan fingerprint density at radius 2 is 1.52 bits per heavy atom. The third kappa shape index (κ3) is 2.93. The first kappa shape index (κ1) is 16.2. The molecule has 1 aliphatic heterocycles. The van der Waals surface area contributed by atoms with Gasteiger partial charge in [-0.1, -0.05) is 0 Å². The Morgan fingerprint density at radius 1 is 0.880 bits per heavy atom. The molecule has 0 saturated carbocycles. The van der Waals surface area contributed by atoms with Crippen molar-refractivity contribution >= 4 is 33.3 Å². The molecule has 7 heteroatoms. The first-order chi connectivity index (χ1) is 12.0. The smallest absolute Gasteiger partial charge is 0.225 e. The minimum atomic E-state index is 0.840. The van der Waals surface area contributed by atoms with Crippen molar-refractivity contribution in [2.75, 3.05) is 36.0 Å². The third-order valence-electron chi connectivity index (χ3n) is 4.78. The van der Waals surface area contributed by atoms with Crippen LogP contribution in [-0.4, -0.2) is 46.1 Å². The Kier molecular flexibility index (Phi) is 4.03. The van der Waals surface area contributed by atoms with Crippen molar-refractivity contribution in [3.8, 4) is 0 Å². The van der Waals surface area contributed by atoms with Gasteiger partial charge in [-0.25, -0.2) is 19.9 Å². The Bertz CT molecular complexity index is 906. The van der Waals surface area contributed by atoms with Gasteiger partial charge >= 0.3 is 0 Å². The largest absolute Gasteiger partial charge is 0.352 e. The zero-order valence-corrected chi connectivity index (χ0v) is 15.9. The van der Waals surface area contributed by atoms with E-state index in [1.807, 2.05) is 19.9 Å². The van der Waals surface area contributed by atoms with E-state index in [9.17, 15) is 0 Å². The molecule has 1 saturated heterocycles. The summed E-state index contributed by atoms with van der Waals surface area (Å²) in [5.74, 6) is 1.90. The molecule has 0 bridgehead atoms. The van der Waals surface area contributed by atoms with Crippen LogP contribution < -0.4 is 9.80 Å². The predicted octanol–water partition coefficient (Wildman–Crippen LogP) is 3.04. The molecule has 1 fully saturated rings. The highest BCUT2D eigenvalue weighted by Gasteiger charge is 2.23. The van der Waals surface area contributed by atoms with Crippen molar-refractivity contribution in [2.45, 2.75) is 27.7 Å². The van der Waals surface area contributed by atoms with E-state index in [-0.39, 0.29) is 0 Å². The average Bonchev–Trinajstić information content (AvgIpc) is 2.89. The first-order valence-corrected chi connectivity index (χ1v) is 9.37. The van der Waals surface area contributed by atoms with Gasteiger partial charge in [-0.05, 0) is 39.3 Å². The second-order valence-corrected chi connectivity index (χ2v) is 7.79. The average molecular weight is 354 g/mol. The molecule has 4 rings (SSSR count). The summed E-state index contributed by atoms with van der Waals surface area (Å²) in [4.78, 5) is 25.3. The maximum atomic E-state index is 4.60. The molecule has 0 amide bonds. The first-order valence-electron chi connectivity index (χ1n) is 8.56. The van der Waals surface area contributed by atoms with Crippen LogP contribution in [0.5, 0.6) is 0 Å². The molecule has 0 atom stereocenters. The van der Waals surface area contributed by atoms with Gasteiger partial charge in [-0.15, -0.1) is 11.3 Å². The van der Waals surface area contributed by atoms with E-state index in [2.05, 4.69) is 43.6 Å². The Morgan fingerprint density at radius 3 is 2.20 bits per heavy atom. The van der Waals surface area contributed by atoms with Crippen molar-refractivity contribution in [2.24, 2.45) is 0 Å². The van der Waals surface area contributed by atoms with Crippen LogP contribution in [-0.2, 0) is 0 Å². The number of nitrogens with zero attached hydrogens (tertiary/aromatic N) is 6. The van der Waals surface area contributed by atoms with Gasteiger partial charge in [-0.3, -0.25) is 0 Å². The molecular formula is C18H22N6S. The molecule has 0 aliphatic carbocycles. The minimum absolute atomic E-state index is 0.840. The second kappa shape index (κ2) is 6.22. The number of hydrogen-bond donors (Lipinski definition) is 0. The van der Waals surface area contributed by atoms with E-state index in [1.54, 1.807) is 17.7 Å². The monoisotopic (exact) mass is 354 g/mol. The van der Waals surface area contributed by atoms with Crippen LogP contribution in [0.3, 0.4) is 0 Å². The third-order valence-corrected chi connectivity index (χ3v) is 5.89. The fraction of sp³-hybridized carbons (Fsp3) is 0.444. The lowest BCUT2D eigenvalue weighted by Crippen LogP contribution is -2.47. The highest BCUT2D eigenvalue weighted by molar-refractivity contribution is 7.18. The Labute approximate surface area is 151 Å². The molecule has 0 spiro atoms.